The molecule has 4 heterocycles. The maximum atomic E-state index is 15.2. The van der Waals surface area contributed by atoms with Crippen LogP contribution in [0.5, 0.6) is 5.75 Å². The van der Waals surface area contributed by atoms with E-state index in [0.717, 1.165) is 53.9 Å². The molecule has 0 aliphatic carbocycles. The van der Waals surface area contributed by atoms with Crippen LogP contribution in [0.25, 0.3) is 0 Å². The predicted octanol–water partition coefficient (Wildman–Crippen LogP) is 6.00. The number of hydrogen-bond acceptors (Lipinski definition) is 6. The minimum absolute atomic E-state index is 0.0528. The van der Waals surface area contributed by atoms with Gasteiger partial charge in [-0.05, 0) is 79.3 Å². The van der Waals surface area contributed by atoms with Crippen LogP contribution < -0.4 is 19.7 Å². The molecule has 51 heavy (non-hydrogen) atoms. The zero-order chi connectivity index (χ0) is 36.1. The van der Waals surface area contributed by atoms with Gasteiger partial charge in [-0.3, -0.25) is 14.4 Å². The summed E-state index contributed by atoms with van der Waals surface area (Å²) in [6.07, 6.45) is 3.62. The Kier molecular flexibility index (Phi) is 9.81. The molecule has 0 radical (unpaired) electrons. The quantitative estimate of drug-likeness (QED) is 0.272. The average Bonchev–Trinajstić information content (AvgIpc) is 3.79. The molecule has 4 aliphatic heterocycles. The van der Waals surface area contributed by atoms with Crippen LogP contribution in [-0.4, -0.2) is 74.8 Å². The first-order valence-corrected chi connectivity index (χ1v) is 21.7. The number of carbonyl (C=O) groups excluding carboxylic acids is 3. The van der Waals surface area contributed by atoms with Crippen LogP contribution in [-0.2, 0) is 31.3 Å². The van der Waals surface area contributed by atoms with E-state index in [1.54, 1.807) is 23.0 Å². The Balaban J connectivity index is 1.28. The van der Waals surface area contributed by atoms with Gasteiger partial charge in [0.1, 0.15) is 5.75 Å². The first-order valence-electron chi connectivity index (χ1n) is 18.2. The molecule has 7 rings (SSSR count). The number of rotatable bonds is 9. The number of methoxy groups -OCH3 is 1. The Labute approximate surface area is 306 Å². The number of aliphatic hydroxyl groups is 1. The second-order valence-corrected chi connectivity index (χ2v) is 20.3. The number of benzene rings is 3. The second kappa shape index (κ2) is 14.0. The lowest BCUT2D eigenvalue weighted by molar-refractivity contribution is -0.150. The fourth-order valence-electron chi connectivity index (χ4n) is 9.37. The highest BCUT2D eigenvalue weighted by molar-refractivity contribution is 6.91. The monoisotopic (exact) mass is 729 g/mol. The van der Waals surface area contributed by atoms with Gasteiger partial charge in [0.25, 0.3) is 5.91 Å². The summed E-state index contributed by atoms with van der Waals surface area (Å²) >= 11 is 6.69. The van der Waals surface area contributed by atoms with Crippen molar-refractivity contribution < 1.29 is 29.0 Å². The van der Waals surface area contributed by atoms with Crippen LogP contribution in [0.15, 0.2) is 66.7 Å². The summed E-state index contributed by atoms with van der Waals surface area (Å²) in [4.78, 5) is 47.4. The van der Waals surface area contributed by atoms with Gasteiger partial charge in [-0.25, -0.2) is 0 Å². The number of aliphatic hydroxyl groups excluding tert-OH is 1. The van der Waals surface area contributed by atoms with E-state index in [1.807, 2.05) is 53.4 Å². The first kappa shape index (κ1) is 35.7. The molecular weight excluding hydrogens is 682 g/mol. The van der Waals surface area contributed by atoms with Gasteiger partial charge in [0.15, 0.2) is 5.60 Å². The number of piperidine rings is 1. The average molecular weight is 730 g/mol. The van der Waals surface area contributed by atoms with Crippen LogP contribution >= 0.6 is 11.6 Å². The lowest BCUT2D eigenvalue weighted by Crippen LogP contribution is -2.52. The van der Waals surface area contributed by atoms with Gasteiger partial charge < -0.3 is 29.3 Å². The van der Waals surface area contributed by atoms with Gasteiger partial charge in [0, 0.05) is 41.7 Å². The van der Waals surface area contributed by atoms with Crippen LogP contribution in [0.4, 0.5) is 11.4 Å². The van der Waals surface area contributed by atoms with Crippen LogP contribution in [0.1, 0.15) is 56.6 Å². The van der Waals surface area contributed by atoms with Crippen molar-refractivity contribution in [2.75, 3.05) is 36.6 Å². The topological polar surface area (TPSA) is 99.6 Å². The highest BCUT2D eigenvalue weighted by atomic mass is 35.5. The molecule has 11 heteroatoms. The number of hydrogen-bond donors (Lipinski definition) is 1. The summed E-state index contributed by atoms with van der Waals surface area (Å²) in [6.45, 7) is 8.22. The maximum absolute atomic E-state index is 15.2. The zero-order valence-corrected chi connectivity index (χ0v) is 31.7. The number of nitrogens with zero attached hydrogens (tertiary/aromatic N) is 3. The predicted molar refractivity (Wildman–Crippen MR) is 201 cm³/mol. The second-order valence-electron chi connectivity index (χ2n) is 15.2. The Hall–Kier alpha value is -3.70. The fourth-order valence-corrected chi connectivity index (χ4v) is 13.6. The van der Waals surface area contributed by atoms with Crippen molar-refractivity contribution in [2.45, 2.75) is 88.4 Å². The molecule has 3 saturated heterocycles. The number of carbonyl (C=O) groups is 3. The van der Waals surface area contributed by atoms with E-state index < -0.39 is 19.8 Å². The highest BCUT2D eigenvalue weighted by Crippen LogP contribution is 2.60. The lowest BCUT2D eigenvalue weighted by atomic mass is 9.82. The SMILES string of the molecule is COc1ccc([Si](C)(C)[C@@H]2[C@@H](CC(=O)N3CCC[C@H]3CO)O[C@]3(C(=O)N(Cc4cccc(N5CCCCC5=O)c4)c4ccc(Cl)cc43)[C@H]2C)cc1. The number of halogens is 1. The molecule has 3 aromatic carbocycles. The molecule has 3 amide bonds. The minimum Gasteiger partial charge on any atom is -0.497 e. The molecule has 5 atom stereocenters. The Bertz CT molecular complexity index is 1820. The van der Waals surface area contributed by atoms with Gasteiger partial charge >= 0.3 is 0 Å². The van der Waals surface area contributed by atoms with Crippen molar-refractivity contribution in [3.05, 3.63) is 82.9 Å². The largest absolute Gasteiger partial charge is 0.497 e. The number of fused-ring (bicyclic) bond motifs is 2. The van der Waals surface area contributed by atoms with E-state index in [9.17, 15) is 14.7 Å². The number of amides is 3. The fraction of sp³-hybridized carbons (Fsp3) is 0.475. The summed E-state index contributed by atoms with van der Waals surface area (Å²) in [5.74, 6) is 0.379. The molecule has 9 nitrogen and oxygen atoms in total. The maximum Gasteiger partial charge on any atom is 0.264 e. The number of anilines is 2. The van der Waals surface area contributed by atoms with E-state index >= 15 is 4.79 Å². The molecule has 3 fully saturated rings. The van der Waals surface area contributed by atoms with Crippen LogP contribution in [0.2, 0.25) is 23.7 Å². The molecule has 0 bridgehead atoms. The van der Waals surface area contributed by atoms with Crippen molar-refractivity contribution in [3.63, 3.8) is 0 Å². The summed E-state index contributed by atoms with van der Waals surface area (Å²) in [5, 5.41) is 11.7. The third kappa shape index (κ3) is 6.17. The Morgan fingerprint density at radius 1 is 1.04 bits per heavy atom. The molecule has 3 aromatic rings. The smallest absolute Gasteiger partial charge is 0.264 e. The molecule has 0 unspecified atom stereocenters. The van der Waals surface area contributed by atoms with E-state index in [2.05, 4.69) is 32.2 Å². The number of ether oxygens (including phenoxy) is 2. The zero-order valence-electron chi connectivity index (χ0n) is 29.9. The van der Waals surface area contributed by atoms with Gasteiger partial charge in [0.05, 0.1) is 52.6 Å². The minimum atomic E-state index is -2.47. The Morgan fingerprint density at radius 2 is 1.82 bits per heavy atom. The summed E-state index contributed by atoms with van der Waals surface area (Å²) in [6, 6.07) is 21.4. The van der Waals surface area contributed by atoms with Gasteiger partial charge in [-0.1, -0.05) is 61.1 Å². The summed E-state index contributed by atoms with van der Waals surface area (Å²) in [7, 11) is -0.819. The van der Waals surface area contributed by atoms with Gasteiger partial charge in [0.2, 0.25) is 11.8 Å². The highest BCUT2D eigenvalue weighted by Gasteiger charge is 2.66. The first-order chi connectivity index (χ1) is 24.5. The van der Waals surface area contributed by atoms with E-state index in [-0.39, 0.29) is 48.3 Å². The van der Waals surface area contributed by atoms with E-state index in [4.69, 9.17) is 21.1 Å². The lowest BCUT2D eigenvalue weighted by Gasteiger charge is -2.37. The summed E-state index contributed by atoms with van der Waals surface area (Å²) < 4.78 is 12.6. The van der Waals surface area contributed by atoms with E-state index in [1.165, 1.54) is 5.19 Å². The summed E-state index contributed by atoms with van der Waals surface area (Å²) in [5.41, 5.74) is 1.75. The van der Waals surface area contributed by atoms with Gasteiger partial charge in [-0.2, -0.15) is 0 Å². The number of likely N-dealkylation sites (tertiary alicyclic amines) is 1. The third-order valence-corrected chi connectivity index (χ3v) is 16.6. The standard InChI is InChI=1S/C40H48ClN3O6Si/c1-26-38(51(3,4)32-16-14-31(49-2)15-17-32)35(23-37(47)43-20-8-11-30(43)25-45)50-40(26)33-22-28(41)13-18-34(33)44(39(40)48)24-27-9-7-10-29(21-27)42-19-6-5-12-36(42)46/h7,9-10,13-18,21-22,26,30,35,38,45H,5-6,8,11-12,19-20,23-25H2,1-4H3/t26-,30-,35+,38-,40+/m0/s1. The molecule has 270 valence electrons. The molecule has 0 saturated carbocycles. The molecule has 0 aromatic heterocycles. The normalized spacial score (nSPS) is 26.4. The molecule has 1 spiro atoms. The Morgan fingerprint density at radius 3 is 2.55 bits per heavy atom. The molecule has 4 aliphatic rings. The molecule has 1 N–H and O–H groups in total. The van der Waals surface area contributed by atoms with Crippen molar-refractivity contribution in [2.24, 2.45) is 5.92 Å². The van der Waals surface area contributed by atoms with Crippen molar-refractivity contribution in [3.8, 4) is 5.75 Å². The molecular formula is C40H48ClN3O6Si. The van der Waals surface area contributed by atoms with Crippen molar-refractivity contribution in [1.82, 2.24) is 4.90 Å². The van der Waals surface area contributed by atoms with Crippen molar-refractivity contribution >= 4 is 54.0 Å². The van der Waals surface area contributed by atoms with E-state index in [0.29, 0.717) is 31.1 Å². The van der Waals surface area contributed by atoms with Crippen molar-refractivity contribution in [1.29, 1.82) is 0 Å². The third-order valence-electron chi connectivity index (χ3n) is 12.0. The van der Waals surface area contributed by atoms with Crippen LogP contribution in [0.3, 0.4) is 0 Å². The van der Waals surface area contributed by atoms with Crippen LogP contribution in [0, 0.1) is 5.92 Å². The van der Waals surface area contributed by atoms with Gasteiger partial charge in [-0.15, -0.1) is 0 Å².